The molecule has 2 nitrogen and oxygen atoms in total. The highest BCUT2D eigenvalue weighted by Gasteiger charge is 2.45. The number of hydrogen-bond donors (Lipinski definition) is 1. The first-order chi connectivity index (χ1) is 8.97. The van der Waals surface area contributed by atoms with Crippen LogP contribution in [0.4, 0.5) is 8.78 Å². The van der Waals surface area contributed by atoms with E-state index < -0.39 is 6.61 Å². The molecule has 0 heterocycles. The third-order valence-electron chi connectivity index (χ3n) is 4.33. The van der Waals surface area contributed by atoms with Gasteiger partial charge in [-0.15, -0.1) is 0 Å². The fourth-order valence-electron chi connectivity index (χ4n) is 2.93. The van der Waals surface area contributed by atoms with Gasteiger partial charge in [0.25, 0.3) is 0 Å². The monoisotopic (exact) mass is 269 g/mol. The van der Waals surface area contributed by atoms with Crippen LogP contribution in [0, 0.1) is 11.8 Å². The first-order valence-corrected chi connectivity index (χ1v) is 6.72. The summed E-state index contributed by atoms with van der Waals surface area (Å²) in [4.78, 5) is 0. The summed E-state index contributed by atoms with van der Waals surface area (Å²) in [6.45, 7) is 2.28. The quantitative estimate of drug-likeness (QED) is 0.887. The van der Waals surface area contributed by atoms with Gasteiger partial charge in [0.15, 0.2) is 0 Å². The van der Waals surface area contributed by atoms with Crippen LogP contribution in [-0.4, -0.2) is 13.2 Å². The molecule has 2 N–H and O–H groups in total. The minimum Gasteiger partial charge on any atom is -0.435 e. The van der Waals surface area contributed by atoms with E-state index in [9.17, 15) is 8.78 Å². The van der Waals surface area contributed by atoms with Gasteiger partial charge in [-0.3, -0.25) is 0 Å². The average molecular weight is 269 g/mol. The van der Waals surface area contributed by atoms with Crippen molar-refractivity contribution in [1.82, 2.24) is 0 Å². The standard InChI is InChI=1S/C15H21F2NO/c1-10(2)11-7-15(8-11,9-18)12-3-5-13(6-4-12)19-14(16)17/h3-6,10-11,14H,7-9,18H2,1-2H3. The molecule has 0 aromatic heterocycles. The summed E-state index contributed by atoms with van der Waals surface area (Å²) in [5.41, 5.74) is 7.09. The number of alkyl halides is 2. The predicted molar refractivity (Wildman–Crippen MR) is 71.4 cm³/mol. The lowest BCUT2D eigenvalue weighted by Crippen LogP contribution is -2.48. The van der Waals surface area contributed by atoms with E-state index in [-0.39, 0.29) is 11.2 Å². The van der Waals surface area contributed by atoms with E-state index in [0.29, 0.717) is 18.4 Å². The molecule has 0 aliphatic heterocycles. The maximum atomic E-state index is 12.1. The van der Waals surface area contributed by atoms with Crippen molar-refractivity contribution >= 4 is 0 Å². The highest BCUT2D eigenvalue weighted by atomic mass is 19.3. The molecule has 0 unspecified atom stereocenters. The molecule has 0 atom stereocenters. The molecule has 0 saturated heterocycles. The average Bonchev–Trinajstić information content (AvgIpc) is 2.29. The number of benzene rings is 1. The molecule has 0 radical (unpaired) electrons. The summed E-state index contributed by atoms with van der Waals surface area (Å²) in [7, 11) is 0. The molecule has 106 valence electrons. The van der Waals surface area contributed by atoms with E-state index >= 15 is 0 Å². The SMILES string of the molecule is CC(C)C1CC(CN)(c2ccc(OC(F)F)cc2)C1. The molecule has 0 spiro atoms. The van der Waals surface area contributed by atoms with Crippen LogP contribution >= 0.6 is 0 Å². The number of nitrogens with two attached hydrogens (primary N) is 1. The molecule has 2 rings (SSSR count). The molecular formula is C15H21F2NO. The Morgan fingerprint density at radius 3 is 2.26 bits per heavy atom. The van der Waals surface area contributed by atoms with Crippen molar-refractivity contribution in [1.29, 1.82) is 0 Å². The van der Waals surface area contributed by atoms with E-state index in [0.717, 1.165) is 18.4 Å². The van der Waals surface area contributed by atoms with Gasteiger partial charge in [0.05, 0.1) is 0 Å². The Bertz CT molecular complexity index is 411. The fourth-order valence-corrected chi connectivity index (χ4v) is 2.93. The first kappa shape index (κ1) is 14.3. The van der Waals surface area contributed by atoms with E-state index in [2.05, 4.69) is 18.6 Å². The summed E-state index contributed by atoms with van der Waals surface area (Å²) in [5, 5.41) is 0. The number of rotatable bonds is 5. The smallest absolute Gasteiger partial charge is 0.387 e. The van der Waals surface area contributed by atoms with Crippen LogP contribution in [-0.2, 0) is 5.41 Å². The van der Waals surface area contributed by atoms with Crippen LogP contribution in [0.3, 0.4) is 0 Å². The van der Waals surface area contributed by atoms with Crippen molar-refractivity contribution in [2.75, 3.05) is 6.54 Å². The van der Waals surface area contributed by atoms with Gasteiger partial charge in [0.1, 0.15) is 5.75 Å². The maximum absolute atomic E-state index is 12.1. The summed E-state index contributed by atoms with van der Waals surface area (Å²) < 4.78 is 28.6. The second kappa shape index (κ2) is 5.45. The Labute approximate surface area is 112 Å². The lowest BCUT2D eigenvalue weighted by molar-refractivity contribution is -0.0498. The van der Waals surface area contributed by atoms with E-state index in [1.165, 1.54) is 0 Å². The Kier molecular flexibility index (Phi) is 4.09. The third kappa shape index (κ3) is 2.89. The van der Waals surface area contributed by atoms with Crippen molar-refractivity contribution in [3.8, 4) is 5.75 Å². The number of ether oxygens (including phenoxy) is 1. The highest BCUT2D eigenvalue weighted by Crippen LogP contribution is 2.50. The minimum absolute atomic E-state index is 0.0261. The largest absolute Gasteiger partial charge is 0.435 e. The molecule has 1 saturated carbocycles. The normalized spacial score (nSPS) is 26.6. The Balaban J connectivity index is 2.08. The highest BCUT2D eigenvalue weighted by molar-refractivity contribution is 5.35. The van der Waals surface area contributed by atoms with Crippen molar-refractivity contribution in [2.24, 2.45) is 17.6 Å². The topological polar surface area (TPSA) is 35.2 Å². The minimum atomic E-state index is -2.77. The molecule has 1 aliphatic carbocycles. The predicted octanol–water partition coefficient (Wildman–Crippen LogP) is 3.55. The summed E-state index contributed by atoms with van der Waals surface area (Å²) in [5.74, 6) is 1.58. The molecule has 1 aliphatic rings. The molecular weight excluding hydrogens is 248 g/mol. The fraction of sp³-hybridized carbons (Fsp3) is 0.600. The van der Waals surface area contributed by atoms with Gasteiger partial charge in [-0.05, 0) is 42.4 Å². The number of hydrogen-bond acceptors (Lipinski definition) is 2. The maximum Gasteiger partial charge on any atom is 0.387 e. The van der Waals surface area contributed by atoms with Crippen LogP contribution in [0.5, 0.6) is 5.75 Å². The van der Waals surface area contributed by atoms with Gasteiger partial charge in [-0.25, -0.2) is 0 Å². The van der Waals surface area contributed by atoms with Gasteiger partial charge < -0.3 is 10.5 Å². The molecule has 19 heavy (non-hydrogen) atoms. The van der Waals surface area contributed by atoms with Crippen LogP contribution in [0.1, 0.15) is 32.3 Å². The van der Waals surface area contributed by atoms with Gasteiger partial charge in [0, 0.05) is 12.0 Å². The van der Waals surface area contributed by atoms with Crippen LogP contribution < -0.4 is 10.5 Å². The van der Waals surface area contributed by atoms with Crippen LogP contribution in [0.25, 0.3) is 0 Å². The van der Waals surface area contributed by atoms with Gasteiger partial charge in [-0.2, -0.15) is 8.78 Å². The van der Waals surface area contributed by atoms with Crippen molar-refractivity contribution in [3.05, 3.63) is 29.8 Å². The molecule has 4 heteroatoms. The zero-order valence-electron chi connectivity index (χ0n) is 11.4. The Morgan fingerprint density at radius 1 is 1.26 bits per heavy atom. The second-order valence-electron chi connectivity index (χ2n) is 5.80. The van der Waals surface area contributed by atoms with Gasteiger partial charge >= 0.3 is 6.61 Å². The zero-order valence-corrected chi connectivity index (χ0v) is 11.4. The summed E-state index contributed by atoms with van der Waals surface area (Å²) in [6, 6.07) is 6.92. The van der Waals surface area contributed by atoms with Crippen molar-refractivity contribution in [3.63, 3.8) is 0 Å². The van der Waals surface area contributed by atoms with Crippen LogP contribution in [0.2, 0.25) is 0 Å². The van der Waals surface area contributed by atoms with Gasteiger partial charge in [0.2, 0.25) is 0 Å². The van der Waals surface area contributed by atoms with Crippen LogP contribution in [0.15, 0.2) is 24.3 Å². The van der Waals surface area contributed by atoms with Crippen molar-refractivity contribution in [2.45, 2.75) is 38.7 Å². The van der Waals surface area contributed by atoms with E-state index in [1.807, 2.05) is 12.1 Å². The first-order valence-electron chi connectivity index (χ1n) is 6.72. The van der Waals surface area contributed by atoms with E-state index in [1.54, 1.807) is 12.1 Å². The third-order valence-corrected chi connectivity index (χ3v) is 4.33. The second-order valence-corrected chi connectivity index (χ2v) is 5.80. The molecule has 1 fully saturated rings. The molecule has 1 aromatic carbocycles. The summed E-state index contributed by atoms with van der Waals surface area (Å²) in [6.07, 6.45) is 2.16. The lowest BCUT2D eigenvalue weighted by Gasteiger charge is -2.49. The van der Waals surface area contributed by atoms with Gasteiger partial charge in [-0.1, -0.05) is 26.0 Å². The van der Waals surface area contributed by atoms with E-state index in [4.69, 9.17) is 5.73 Å². The molecule has 0 amide bonds. The zero-order chi connectivity index (χ0) is 14.0. The number of halogens is 2. The lowest BCUT2D eigenvalue weighted by atomic mass is 9.56. The molecule has 0 bridgehead atoms. The summed E-state index contributed by atoms with van der Waals surface area (Å²) >= 11 is 0. The molecule has 1 aromatic rings. The van der Waals surface area contributed by atoms with Crippen molar-refractivity contribution < 1.29 is 13.5 Å². The Hall–Kier alpha value is -1.16. The Morgan fingerprint density at radius 2 is 1.84 bits per heavy atom.